The lowest BCUT2D eigenvalue weighted by Gasteiger charge is -2.36. The van der Waals surface area contributed by atoms with Crippen molar-refractivity contribution < 1.29 is 22.7 Å². The third-order valence-corrected chi connectivity index (χ3v) is 7.73. The molecule has 1 aliphatic heterocycles. The maximum Gasteiger partial charge on any atom is 0.254 e. The van der Waals surface area contributed by atoms with Crippen LogP contribution in [0.2, 0.25) is 0 Å². The molecule has 1 fully saturated rings. The number of methoxy groups -OCH3 is 1. The molecule has 0 saturated carbocycles. The number of anilines is 2. The molecule has 0 bridgehead atoms. The van der Waals surface area contributed by atoms with Gasteiger partial charge in [0.1, 0.15) is 11.5 Å². The molecule has 1 heterocycles. The Labute approximate surface area is 211 Å². The number of benzene rings is 3. The van der Waals surface area contributed by atoms with Crippen molar-refractivity contribution in [2.45, 2.75) is 11.8 Å². The van der Waals surface area contributed by atoms with E-state index < -0.39 is 21.5 Å². The number of hydrogen-bond donors (Lipinski definition) is 1. The molecule has 0 aliphatic carbocycles. The normalized spacial score (nSPS) is 13.8. The van der Waals surface area contributed by atoms with Crippen molar-refractivity contribution in [3.63, 3.8) is 0 Å². The van der Waals surface area contributed by atoms with Crippen LogP contribution in [-0.4, -0.2) is 64.2 Å². The van der Waals surface area contributed by atoms with E-state index in [1.165, 1.54) is 12.1 Å². The largest absolute Gasteiger partial charge is 0.497 e. The molecule has 9 heteroatoms. The highest BCUT2D eigenvalue weighted by atomic mass is 32.2. The average molecular weight is 508 g/mol. The molecule has 0 atom stereocenters. The number of sulfone groups is 1. The Balaban J connectivity index is 1.31. The van der Waals surface area contributed by atoms with E-state index in [-0.39, 0.29) is 10.8 Å². The van der Waals surface area contributed by atoms with Gasteiger partial charge in [-0.15, -0.1) is 0 Å². The van der Waals surface area contributed by atoms with E-state index in [1.54, 1.807) is 49.6 Å². The average Bonchev–Trinajstić information content (AvgIpc) is 2.89. The molecule has 0 radical (unpaired) electrons. The maximum absolute atomic E-state index is 12.8. The van der Waals surface area contributed by atoms with Gasteiger partial charge in [-0.25, -0.2) is 8.42 Å². The molecule has 36 heavy (non-hydrogen) atoms. The van der Waals surface area contributed by atoms with Gasteiger partial charge in [0, 0.05) is 43.1 Å². The summed E-state index contributed by atoms with van der Waals surface area (Å²) in [5, 5.41) is 2.66. The summed E-state index contributed by atoms with van der Waals surface area (Å²) in [5.74, 6) is -0.583. The zero-order valence-electron chi connectivity index (χ0n) is 20.3. The summed E-state index contributed by atoms with van der Waals surface area (Å²) in [6.07, 6.45) is 0. The lowest BCUT2D eigenvalue weighted by Crippen LogP contribution is -2.48. The van der Waals surface area contributed by atoms with Crippen LogP contribution in [0.4, 0.5) is 11.4 Å². The van der Waals surface area contributed by atoms with Crippen molar-refractivity contribution in [1.29, 1.82) is 0 Å². The van der Waals surface area contributed by atoms with Gasteiger partial charge < -0.3 is 19.9 Å². The van der Waals surface area contributed by atoms with Gasteiger partial charge in [-0.1, -0.05) is 23.8 Å². The van der Waals surface area contributed by atoms with Gasteiger partial charge in [-0.3, -0.25) is 9.59 Å². The summed E-state index contributed by atoms with van der Waals surface area (Å²) in [6.45, 7) is 4.40. The van der Waals surface area contributed by atoms with Gasteiger partial charge in [-0.2, -0.15) is 0 Å². The number of nitrogens with zero attached hydrogens (tertiary/aromatic N) is 2. The third-order valence-electron chi connectivity index (χ3n) is 6.10. The molecular formula is C27H29N3O5S. The van der Waals surface area contributed by atoms with E-state index >= 15 is 0 Å². The lowest BCUT2D eigenvalue weighted by atomic mass is 10.1. The van der Waals surface area contributed by atoms with Crippen LogP contribution >= 0.6 is 0 Å². The van der Waals surface area contributed by atoms with Crippen molar-refractivity contribution >= 4 is 33.0 Å². The van der Waals surface area contributed by atoms with Gasteiger partial charge in [0.2, 0.25) is 5.91 Å². The van der Waals surface area contributed by atoms with Crippen molar-refractivity contribution in [3.05, 3.63) is 83.9 Å². The van der Waals surface area contributed by atoms with E-state index in [9.17, 15) is 18.0 Å². The summed E-state index contributed by atoms with van der Waals surface area (Å²) >= 11 is 0. The molecule has 2 amide bonds. The Kier molecular flexibility index (Phi) is 7.59. The van der Waals surface area contributed by atoms with E-state index in [2.05, 4.69) is 10.2 Å². The molecule has 0 unspecified atom stereocenters. The Bertz CT molecular complexity index is 1330. The van der Waals surface area contributed by atoms with Crippen LogP contribution in [-0.2, 0) is 14.6 Å². The maximum atomic E-state index is 12.8. The van der Waals surface area contributed by atoms with Crippen LogP contribution in [0.15, 0.2) is 77.7 Å². The highest BCUT2D eigenvalue weighted by Gasteiger charge is 2.23. The summed E-state index contributed by atoms with van der Waals surface area (Å²) in [4.78, 5) is 29.3. The molecular weight excluding hydrogens is 478 g/mol. The predicted octanol–water partition coefficient (Wildman–Crippen LogP) is 3.38. The zero-order valence-corrected chi connectivity index (χ0v) is 21.1. The quantitative estimate of drug-likeness (QED) is 0.527. The smallest absolute Gasteiger partial charge is 0.254 e. The van der Waals surface area contributed by atoms with Crippen molar-refractivity contribution in [1.82, 2.24) is 4.90 Å². The Morgan fingerprint density at radius 2 is 1.58 bits per heavy atom. The fraction of sp³-hybridized carbons (Fsp3) is 0.259. The fourth-order valence-corrected chi connectivity index (χ4v) is 5.20. The zero-order chi connectivity index (χ0) is 25.7. The van der Waals surface area contributed by atoms with E-state index in [4.69, 9.17) is 4.74 Å². The number of piperazine rings is 1. The van der Waals surface area contributed by atoms with Gasteiger partial charge >= 0.3 is 0 Å². The molecule has 1 aliphatic rings. The molecule has 3 aromatic carbocycles. The number of nitrogens with one attached hydrogen (secondary N) is 1. The van der Waals surface area contributed by atoms with Crippen molar-refractivity contribution in [2.24, 2.45) is 0 Å². The summed E-state index contributed by atoms with van der Waals surface area (Å²) in [7, 11) is -2.14. The molecule has 8 nitrogen and oxygen atoms in total. The predicted molar refractivity (Wildman–Crippen MR) is 139 cm³/mol. The molecule has 3 aromatic rings. The second kappa shape index (κ2) is 10.8. The number of amides is 2. The van der Waals surface area contributed by atoms with Gasteiger partial charge in [0.25, 0.3) is 5.91 Å². The lowest BCUT2D eigenvalue weighted by molar-refractivity contribution is -0.113. The van der Waals surface area contributed by atoms with Crippen molar-refractivity contribution in [3.8, 4) is 5.75 Å². The van der Waals surface area contributed by atoms with Gasteiger partial charge in [0.15, 0.2) is 9.84 Å². The molecule has 0 spiro atoms. The summed E-state index contributed by atoms with van der Waals surface area (Å²) in [6, 6.07) is 20.8. The third kappa shape index (κ3) is 6.04. The van der Waals surface area contributed by atoms with Crippen molar-refractivity contribution in [2.75, 3.05) is 49.3 Å². The number of carbonyl (C=O) groups is 2. The van der Waals surface area contributed by atoms with Crippen LogP contribution < -0.4 is 15.0 Å². The van der Waals surface area contributed by atoms with E-state index in [0.29, 0.717) is 43.2 Å². The number of rotatable bonds is 7. The number of hydrogen-bond acceptors (Lipinski definition) is 6. The first-order valence-electron chi connectivity index (χ1n) is 11.6. The van der Waals surface area contributed by atoms with E-state index in [0.717, 1.165) is 11.3 Å². The first kappa shape index (κ1) is 25.2. The highest BCUT2D eigenvalue weighted by Crippen LogP contribution is 2.21. The Morgan fingerprint density at radius 1 is 0.917 bits per heavy atom. The van der Waals surface area contributed by atoms with Gasteiger partial charge in [0.05, 0.1) is 12.0 Å². The molecule has 1 N–H and O–H groups in total. The van der Waals surface area contributed by atoms with Crippen LogP contribution in [0, 0.1) is 6.92 Å². The SMILES string of the molecule is COc1cccc(C(=O)N2CCN(c3ccc(NC(=O)CS(=O)(=O)c4ccc(C)cc4)cc3)CC2)c1. The topological polar surface area (TPSA) is 96.0 Å². The fourth-order valence-electron chi connectivity index (χ4n) is 4.06. The van der Waals surface area contributed by atoms with Crippen LogP contribution in [0.3, 0.4) is 0 Å². The Morgan fingerprint density at radius 3 is 2.22 bits per heavy atom. The summed E-state index contributed by atoms with van der Waals surface area (Å²) < 4.78 is 30.2. The molecule has 188 valence electrons. The first-order chi connectivity index (χ1) is 17.2. The second-order valence-electron chi connectivity index (χ2n) is 8.68. The standard InChI is InChI=1S/C27H29N3O5S/c1-20-6-12-25(13-7-20)36(33,34)19-26(31)28-22-8-10-23(11-9-22)29-14-16-30(17-15-29)27(32)21-4-3-5-24(18-21)35-2/h3-13,18H,14-17,19H2,1-2H3,(H,28,31). The number of ether oxygens (including phenoxy) is 1. The molecule has 0 aromatic heterocycles. The number of aryl methyl sites for hydroxylation is 1. The van der Waals surface area contributed by atoms with Crippen LogP contribution in [0.5, 0.6) is 5.75 Å². The summed E-state index contributed by atoms with van der Waals surface area (Å²) in [5.41, 5.74) is 3.04. The van der Waals surface area contributed by atoms with E-state index in [1.807, 2.05) is 30.0 Å². The number of carbonyl (C=O) groups excluding carboxylic acids is 2. The minimum Gasteiger partial charge on any atom is -0.497 e. The monoisotopic (exact) mass is 507 g/mol. The second-order valence-corrected chi connectivity index (χ2v) is 10.7. The highest BCUT2D eigenvalue weighted by molar-refractivity contribution is 7.92. The minimum atomic E-state index is -3.72. The Hall–Kier alpha value is -3.85. The van der Waals surface area contributed by atoms with Crippen LogP contribution in [0.1, 0.15) is 15.9 Å². The molecule has 1 saturated heterocycles. The molecule has 4 rings (SSSR count). The van der Waals surface area contributed by atoms with Crippen LogP contribution in [0.25, 0.3) is 0 Å². The van der Waals surface area contributed by atoms with Gasteiger partial charge in [-0.05, 0) is 61.5 Å². The minimum absolute atomic E-state index is 0.0211. The first-order valence-corrected chi connectivity index (χ1v) is 13.3.